The maximum Gasteiger partial charge on any atom is 0.337 e. The number of aromatic carboxylic acids is 1. The molecule has 0 bridgehead atoms. The highest BCUT2D eigenvalue weighted by Gasteiger charge is 2.16. The van der Waals surface area contributed by atoms with Crippen molar-refractivity contribution >= 4 is 22.8 Å². The van der Waals surface area contributed by atoms with Crippen molar-refractivity contribution in [1.29, 1.82) is 0 Å². The second-order valence-electron chi connectivity index (χ2n) is 4.32. The molecule has 0 aliphatic carbocycles. The Bertz CT molecular complexity index is 616. The van der Waals surface area contributed by atoms with Crippen LogP contribution in [0.4, 0.5) is 0 Å². The minimum atomic E-state index is -0.975. The molecular weight excluding hydrogens is 232 g/mol. The van der Waals surface area contributed by atoms with E-state index in [1.165, 1.54) is 0 Å². The molecule has 3 N–H and O–H groups in total. The van der Waals surface area contributed by atoms with Gasteiger partial charge in [-0.15, -0.1) is 0 Å². The van der Waals surface area contributed by atoms with Crippen LogP contribution >= 0.6 is 0 Å². The van der Waals surface area contributed by atoms with E-state index in [0.29, 0.717) is 11.9 Å². The number of benzene rings is 1. The molecular formula is C13H14N2O3. The molecule has 0 aliphatic heterocycles. The Morgan fingerprint density at radius 2 is 2.06 bits per heavy atom. The number of rotatable bonds is 4. The van der Waals surface area contributed by atoms with Gasteiger partial charge in [0.2, 0.25) is 5.91 Å². The van der Waals surface area contributed by atoms with E-state index in [9.17, 15) is 9.59 Å². The van der Waals surface area contributed by atoms with Crippen LogP contribution in [0, 0.1) is 5.92 Å². The van der Waals surface area contributed by atoms with Crippen molar-refractivity contribution in [2.45, 2.75) is 13.5 Å². The fourth-order valence-corrected chi connectivity index (χ4v) is 1.95. The standard InChI is InChI=1S/C13H14N2O3/c1-8(12(14)16)6-15-7-10(13(17)18)9-4-2-3-5-11(9)15/h2-5,7-8H,6H2,1H3,(H2,14,16)(H,17,18). The molecule has 0 fully saturated rings. The number of aromatic nitrogens is 1. The van der Waals surface area contributed by atoms with Crippen LogP contribution in [0.15, 0.2) is 30.5 Å². The Labute approximate surface area is 104 Å². The first-order valence-electron chi connectivity index (χ1n) is 5.61. The summed E-state index contributed by atoms with van der Waals surface area (Å²) < 4.78 is 1.76. The van der Waals surface area contributed by atoms with Gasteiger partial charge in [-0.25, -0.2) is 4.79 Å². The number of carboxylic acid groups (broad SMARTS) is 1. The Hall–Kier alpha value is -2.30. The number of hydrogen-bond acceptors (Lipinski definition) is 2. The molecule has 94 valence electrons. The summed E-state index contributed by atoms with van der Waals surface area (Å²) in [5.41, 5.74) is 6.26. The molecule has 0 saturated heterocycles. The molecule has 1 atom stereocenters. The molecule has 18 heavy (non-hydrogen) atoms. The quantitative estimate of drug-likeness (QED) is 0.856. The second kappa shape index (κ2) is 4.52. The van der Waals surface area contributed by atoms with E-state index in [-0.39, 0.29) is 11.5 Å². The monoisotopic (exact) mass is 246 g/mol. The summed E-state index contributed by atoms with van der Waals surface area (Å²) >= 11 is 0. The van der Waals surface area contributed by atoms with Gasteiger partial charge in [0, 0.05) is 23.6 Å². The summed E-state index contributed by atoms with van der Waals surface area (Å²) in [5.74, 6) is -1.72. The van der Waals surface area contributed by atoms with Crippen molar-refractivity contribution in [3.05, 3.63) is 36.0 Å². The van der Waals surface area contributed by atoms with Gasteiger partial charge in [0.25, 0.3) is 0 Å². The minimum Gasteiger partial charge on any atom is -0.478 e. The molecule has 5 nitrogen and oxygen atoms in total. The van der Waals surface area contributed by atoms with Crippen LogP contribution in [-0.2, 0) is 11.3 Å². The van der Waals surface area contributed by atoms with Crippen LogP contribution in [0.25, 0.3) is 10.9 Å². The molecule has 2 rings (SSSR count). The Morgan fingerprint density at radius 1 is 1.39 bits per heavy atom. The highest BCUT2D eigenvalue weighted by Crippen LogP contribution is 2.22. The Kier molecular flexibility index (Phi) is 3.06. The number of amides is 1. The van der Waals surface area contributed by atoms with Gasteiger partial charge in [-0.2, -0.15) is 0 Å². The third kappa shape index (κ3) is 2.07. The molecule has 0 radical (unpaired) electrons. The van der Waals surface area contributed by atoms with Gasteiger partial charge < -0.3 is 15.4 Å². The highest BCUT2D eigenvalue weighted by molar-refractivity contribution is 6.03. The molecule has 2 aromatic rings. The summed E-state index contributed by atoms with van der Waals surface area (Å²) in [6.07, 6.45) is 1.55. The lowest BCUT2D eigenvalue weighted by molar-refractivity contribution is -0.121. The topological polar surface area (TPSA) is 85.3 Å². The van der Waals surface area contributed by atoms with E-state index in [1.807, 2.05) is 12.1 Å². The van der Waals surface area contributed by atoms with Crippen molar-refractivity contribution in [3.63, 3.8) is 0 Å². The van der Waals surface area contributed by atoms with Gasteiger partial charge in [-0.1, -0.05) is 25.1 Å². The zero-order chi connectivity index (χ0) is 13.3. The average molecular weight is 246 g/mol. The lowest BCUT2D eigenvalue weighted by Gasteiger charge is -2.09. The van der Waals surface area contributed by atoms with Crippen LogP contribution in [0.2, 0.25) is 0 Å². The third-order valence-corrected chi connectivity index (χ3v) is 2.98. The summed E-state index contributed by atoms with van der Waals surface area (Å²) in [5, 5.41) is 9.80. The van der Waals surface area contributed by atoms with E-state index >= 15 is 0 Å². The second-order valence-corrected chi connectivity index (χ2v) is 4.32. The number of nitrogens with zero attached hydrogens (tertiary/aromatic N) is 1. The maximum atomic E-state index is 11.1. The normalized spacial score (nSPS) is 12.5. The average Bonchev–Trinajstić information content (AvgIpc) is 2.68. The van der Waals surface area contributed by atoms with E-state index in [1.54, 1.807) is 29.8 Å². The SMILES string of the molecule is CC(Cn1cc(C(=O)O)c2ccccc21)C(N)=O. The molecule has 1 heterocycles. The zero-order valence-electron chi connectivity index (χ0n) is 9.96. The summed E-state index contributed by atoms with van der Waals surface area (Å²) in [7, 11) is 0. The van der Waals surface area contributed by atoms with Crippen molar-refractivity contribution in [3.8, 4) is 0 Å². The summed E-state index contributed by atoms with van der Waals surface area (Å²) in [4.78, 5) is 22.2. The predicted octanol–water partition coefficient (Wildman–Crippen LogP) is 1.46. The molecule has 0 spiro atoms. The molecule has 5 heteroatoms. The van der Waals surface area contributed by atoms with Crippen LogP contribution in [0.5, 0.6) is 0 Å². The molecule has 1 aromatic heterocycles. The number of fused-ring (bicyclic) bond motifs is 1. The zero-order valence-corrected chi connectivity index (χ0v) is 9.96. The van der Waals surface area contributed by atoms with Crippen LogP contribution < -0.4 is 5.73 Å². The third-order valence-electron chi connectivity index (χ3n) is 2.98. The molecule has 1 unspecified atom stereocenters. The molecule has 0 aliphatic rings. The van der Waals surface area contributed by atoms with Gasteiger partial charge in [-0.3, -0.25) is 4.79 Å². The minimum absolute atomic E-state index is 0.238. The number of primary amides is 1. The molecule has 1 aromatic carbocycles. The fraction of sp³-hybridized carbons (Fsp3) is 0.231. The largest absolute Gasteiger partial charge is 0.478 e. The van der Waals surface area contributed by atoms with Gasteiger partial charge in [-0.05, 0) is 6.07 Å². The van der Waals surface area contributed by atoms with Gasteiger partial charge in [0.15, 0.2) is 0 Å². The highest BCUT2D eigenvalue weighted by atomic mass is 16.4. The lowest BCUT2D eigenvalue weighted by Crippen LogP contribution is -2.24. The maximum absolute atomic E-state index is 11.1. The summed E-state index contributed by atoms with van der Waals surface area (Å²) in [6, 6.07) is 7.20. The predicted molar refractivity (Wildman–Crippen MR) is 67.3 cm³/mol. The Balaban J connectivity index is 2.51. The van der Waals surface area contributed by atoms with Crippen molar-refractivity contribution < 1.29 is 14.7 Å². The Morgan fingerprint density at radius 3 is 2.67 bits per heavy atom. The van der Waals surface area contributed by atoms with Gasteiger partial charge in [0.1, 0.15) is 0 Å². The number of hydrogen-bond donors (Lipinski definition) is 2. The van der Waals surface area contributed by atoms with Crippen molar-refractivity contribution in [1.82, 2.24) is 4.57 Å². The van der Waals surface area contributed by atoms with Crippen molar-refractivity contribution in [2.75, 3.05) is 0 Å². The van der Waals surface area contributed by atoms with E-state index in [4.69, 9.17) is 10.8 Å². The lowest BCUT2D eigenvalue weighted by atomic mass is 10.1. The number of para-hydroxylation sites is 1. The van der Waals surface area contributed by atoms with Crippen LogP contribution in [0.1, 0.15) is 17.3 Å². The number of nitrogens with two attached hydrogens (primary N) is 1. The number of carbonyl (C=O) groups excluding carboxylic acids is 1. The molecule has 0 saturated carbocycles. The van der Waals surface area contributed by atoms with Gasteiger partial charge >= 0.3 is 5.97 Å². The van der Waals surface area contributed by atoms with E-state index < -0.39 is 11.9 Å². The summed E-state index contributed by atoms with van der Waals surface area (Å²) in [6.45, 7) is 2.10. The van der Waals surface area contributed by atoms with Crippen LogP contribution in [-0.4, -0.2) is 21.6 Å². The fourth-order valence-electron chi connectivity index (χ4n) is 1.95. The van der Waals surface area contributed by atoms with E-state index in [2.05, 4.69) is 0 Å². The first kappa shape index (κ1) is 12.2. The van der Waals surface area contributed by atoms with Gasteiger partial charge in [0.05, 0.1) is 11.5 Å². The molecule has 1 amide bonds. The van der Waals surface area contributed by atoms with E-state index in [0.717, 1.165) is 5.52 Å². The first-order valence-corrected chi connectivity index (χ1v) is 5.61. The van der Waals surface area contributed by atoms with Crippen molar-refractivity contribution in [2.24, 2.45) is 11.7 Å². The number of carbonyl (C=O) groups is 2. The smallest absolute Gasteiger partial charge is 0.337 e. The first-order chi connectivity index (χ1) is 8.50. The number of carboxylic acids is 1. The van der Waals surface area contributed by atoms with Crippen LogP contribution in [0.3, 0.4) is 0 Å².